The van der Waals surface area contributed by atoms with Crippen molar-refractivity contribution in [2.45, 2.75) is 18.0 Å². The lowest BCUT2D eigenvalue weighted by molar-refractivity contribution is 0.224. The number of hydrogen-bond acceptors (Lipinski definition) is 3. The molecule has 1 aromatic rings. The standard InChI is InChI=1S/C9H13NOS/c1-7(10)11-8-5-3-4-6-9(8)12-2/h3-7H,10H2,1-2H3. The van der Waals surface area contributed by atoms with Crippen molar-refractivity contribution in [2.24, 2.45) is 5.73 Å². The molecule has 1 atom stereocenters. The van der Waals surface area contributed by atoms with E-state index in [1.54, 1.807) is 11.8 Å². The Balaban J connectivity index is 2.82. The molecule has 2 nitrogen and oxygen atoms in total. The van der Waals surface area contributed by atoms with E-state index in [1.807, 2.05) is 37.4 Å². The molecule has 0 aliphatic carbocycles. The van der Waals surface area contributed by atoms with Crippen LogP contribution in [-0.4, -0.2) is 12.5 Å². The molecule has 0 aromatic heterocycles. The predicted molar refractivity (Wildman–Crippen MR) is 52.5 cm³/mol. The third kappa shape index (κ3) is 2.43. The van der Waals surface area contributed by atoms with Crippen LogP contribution >= 0.6 is 11.8 Å². The van der Waals surface area contributed by atoms with Gasteiger partial charge in [-0.25, -0.2) is 0 Å². The zero-order valence-electron chi connectivity index (χ0n) is 7.28. The number of nitrogens with two attached hydrogens (primary N) is 1. The Morgan fingerprint density at radius 3 is 2.67 bits per heavy atom. The van der Waals surface area contributed by atoms with Crippen LogP contribution in [0.5, 0.6) is 5.75 Å². The first kappa shape index (κ1) is 9.42. The second-order valence-electron chi connectivity index (χ2n) is 2.47. The molecule has 0 aliphatic rings. The molecule has 1 rings (SSSR count). The van der Waals surface area contributed by atoms with Crippen LogP contribution in [0, 0.1) is 0 Å². The van der Waals surface area contributed by atoms with Gasteiger partial charge in [0.1, 0.15) is 12.0 Å². The highest BCUT2D eigenvalue weighted by atomic mass is 32.2. The van der Waals surface area contributed by atoms with E-state index in [9.17, 15) is 0 Å². The number of thioether (sulfide) groups is 1. The predicted octanol–water partition coefficient (Wildman–Crippen LogP) is 2.09. The molecule has 0 bridgehead atoms. The molecule has 0 radical (unpaired) electrons. The maximum absolute atomic E-state index is 5.52. The summed E-state index contributed by atoms with van der Waals surface area (Å²) in [6, 6.07) is 7.87. The van der Waals surface area contributed by atoms with Crippen molar-refractivity contribution in [3.8, 4) is 5.75 Å². The van der Waals surface area contributed by atoms with E-state index < -0.39 is 0 Å². The minimum Gasteiger partial charge on any atom is -0.475 e. The van der Waals surface area contributed by atoms with Gasteiger partial charge in [0.25, 0.3) is 0 Å². The number of ether oxygens (including phenoxy) is 1. The van der Waals surface area contributed by atoms with Crippen LogP contribution in [0.25, 0.3) is 0 Å². The van der Waals surface area contributed by atoms with E-state index in [4.69, 9.17) is 10.5 Å². The summed E-state index contributed by atoms with van der Waals surface area (Å²) < 4.78 is 5.39. The molecule has 0 saturated carbocycles. The van der Waals surface area contributed by atoms with Gasteiger partial charge in [0.15, 0.2) is 0 Å². The molecule has 2 N–H and O–H groups in total. The van der Waals surface area contributed by atoms with Gasteiger partial charge in [-0.3, -0.25) is 5.73 Å². The Morgan fingerprint density at radius 2 is 2.08 bits per heavy atom. The van der Waals surface area contributed by atoms with Crippen LogP contribution in [0.15, 0.2) is 29.2 Å². The van der Waals surface area contributed by atoms with Crippen LogP contribution in [0.3, 0.4) is 0 Å². The van der Waals surface area contributed by atoms with Crippen molar-refractivity contribution in [3.05, 3.63) is 24.3 Å². The molecule has 12 heavy (non-hydrogen) atoms. The summed E-state index contributed by atoms with van der Waals surface area (Å²) in [5.41, 5.74) is 5.52. The van der Waals surface area contributed by atoms with Crippen molar-refractivity contribution in [3.63, 3.8) is 0 Å². The third-order valence-corrected chi connectivity index (χ3v) is 2.16. The van der Waals surface area contributed by atoms with Gasteiger partial charge in [0, 0.05) is 4.90 Å². The first-order valence-electron chi connectivity index (χ1n) is 3.79. The summed E-state index contributed by atoms with van der Waals surface area (Å²) in [4.78, 5) is 1.12. The lowest BCUT2D eigenvalue weighted by atomic mass is 10.3. The van der Waals surface area contributed by atoms with Gasteiger partial charge >= 0.3 is 0 Å². The number of benzene rings is 1. The van der Waals surface area contributed by atoms with E-state index >= 15 is 0 Å². The molecule has 0 saturated heterocycles. The van der Waals surface area contributed by atoms with Gasteiger partial charge in [-0.05, 0) is 25.3 Å². The Bertz CT molecular complexity index is 250. The van der Waals surface area contributed by atoms with Gasteiger partial charge in [-0.2, -0.15) is 0 Å². The summed E-state index contributed by atoms with van der Waals surface area (Å²) in [6.45, 7) is 1.82. The lowest BCUT2D eigenvalue weighted by Gasteiger charge is -2.11. The van der Waals surface area contributed by atoms with Gasteiger partial charge in [-0.15, -0.1) is 11.8 Å². The first-order valence-corrected chi connectivity index (χ1v) is 5.01. The fourth-order valence-corrected chi connectivity index (χ4v) is 1.45. The van der Waals surface area contributed by atoms with Gasteiger partial charge < -0.3 is 4.74 Å². The molecule has 0 heterocycles. The van der Waals surface area contributed by atoms with Crippen LogP contribution in [0.2, 0.25) is 0 Å². The second kappa shape index (κ2) is 4.38. The minimum atomic E-state index is -0.252. The molecular formula is C9H13NOS. The van der Waals surface area contributed by atoms with Crippen molar-refractivity contribution in [1.29, 1.82) is 0 Å². The summed E-state index contributed by atoms with van der Waals surface area (Å²) in [5, 5.41) is 0. The molecular weight excluding hydrogens is 170 g/mol. The lowest BCUT2D eigenvalue weighted by Crippen LogP contribution is -2.22. The van der Waals surface area contributed by atoms with Gasteiger partial charge in [0.05, 0.1) is 0 Å². The van der Waals surface area contributed by atoms with Crippen LogP contribution in [-0.2, 0) is 0 Å². The zero-order chi connectivity index (χ0) is 8.97. The van der Waals surface area contributed by atoms with E-state index in [0.717, 1.165) is 10.6 Å². The Hall–Kier alpha value is -0.670. The normalized spacial score (nSPS) is 12.6. The van der Waals surface area contributed by atoms with Crippen LogP contribution < -0.4 is 10.5 Å². The SMILES string of the molecule is CSc1ccccc1OC(C)N. The molecule has 0 aliphatic heterocycles. The minimum absolute atomic E-state index is 0.252. The highest BCUT2D eigenvalue weighted by Gasteiger charge is 2.02. The number of hydrogen-bond donors (Lipinski definition) is 1. The quantitative estimate of drug-likeness (QED) is 0.575. The molecule has 0 spiro atoms. The van der Waals surface area contributed by atoms with Crippen molar-refractivity contribution in [1.82, 2.24) is 0 Å². The molecule has 1 aromatic carbocycles. The van der Waals surface area contributed by atoms with Gasteiger partial charge in [0.2, 0.25) is 0 Å². The molecule has 0 fully saturated rings. The number of rotatable bonds is 3. The topological polar surface area (TPSA) is 35.2 Å². The average Bonchev–Trinajstić information content (AvgIpc) is 2.04. The fraction of sp³-hybridized carbons (Fsp3) is 0.333. The highest BCUT2D eigenvalue weighted by molar-refractivity contribution is 7.98. The van der Waals surface area contributed by atoms with E-state index in [2.05, 4.69) is 0 Å². The van der Waals surface area contributed by atoms with Crippen molar-refractivity contribution in [2.75, 3.05) is 6.26 Å². The summed E-state index contributed by atoms with van der Waals surface area (Å²) in [7, 11) is 0. The summed E-state index contributed by atoms with van der Waals surface area (Å²) in [6.07, 6.45) is 1.77. The second-order valence-corrected chi connectivity index (χ2v) is 3.32. The summed E-state index contributed by atoms with van der Waals surface area (Å²) in [5.74, 6) is 0.861. The van der Waals surface area contributed by atoms with Crippen molar-refractivity contribution >= 4 is 11.8 Å². The average molecular weight is 183 g/mol. The van der Waals surface area contributed by atoms with E-state index in [1.165, 1.54) is 0 Å². The number of para-hydroxylation sites is 1. The maximum Gasteiger partial charge on any atom is 0.144 e. The molecule has 3 heteroatoms. The molecule has 1 unspecified atom stereocenters. The largest absolute Gasteiger partial charge is 0.475 e. The Labute approximate surface area is 77.1 Å². The monoisotopic (exact) mass is 183 g/mol. The highest BCUT2D eigenvalue weighted by Crippen LogP contribution is 2.26. The zero-order valence-corrected chi connectivity index (χ0v) is 8.10. The fourth-order valence-electron chi connectivity index (χ4n) is 0.916. The summed E-state index contributed by atoms with van der Waals surface area (Å²) >= 11 is 1.66. The van der Waals surface area contributed by atoms with Crippen LogP contribution in [0.1, 0.15) is 6.92 Å². The Morgan fingerprint density at radius 1 is 1.42 bits per heavy atom. The maximum atomic E-state index is 5.52. The molecule has 0 amide bonds. The Kier molecular flexibility index (Phi) is 3.44. The van der Waals surface area contributed by atoms with E-state index in [0.29, 0.717) is 0 Å². The van der Waals surface area contributed by atoms with Crippen molar-refractivity contribution < 1.29 is 4.74 Å². The smallest absolute Gasteiger partial charge is 0.144 e. The first-order chi connectivity index (χ1) is 5.74. The molecule has 66 valence electrons. The van der Waals surface area contributed by atoms with Gasteiger partial charge in [-0.1, -0.05) is 12.1 Å². The van der Waals surface area contributed by atoms with Crippen LogP contribution in [0.4, 0.5) is 0 Å². The van der Waals surface area contributed by atoms with E-state index in [-0.39, 0.29) is 6.23 Å². The third-order valence-electron chi connectivity index (χ3n) is 1.38.